The van der Waals surface area contributed by atoms with Crippen LogP contribution in [0.25, 0.3) is 0 Å². The molecule has 1 spiro atoms. The zero-order chi connectivity index (χ0) is 31.7. The number of rotatable bonds is 8. The number of carbonyl (C=O) groups is 3. The number of hydrogen-bond acceptors (Lipinski definition) is 5. The Labute approximate surface area is 279 Å². The molecule has 7 nitrogen and oxygen atoms in total. The molecule has 0 saturated heterocycles. The maximum absolute atomic E-state index is 14.3. The standard InChI is InChI=1S/C33H40F3N3O4.Na/c1-20(2)28(21-9-11-22(12-10-21)29(42)37-18-15-26(40)41)39-30(43)27(23-7-6-8-25(19-23)33(34,35)36)38-32(39)16-13-24(14-17-32)31(3,4)5;/h6-12,19-20,24,28H,13-18H2,1-5H3,(H,37,42)(H,40,41);/q;+1/p-1/t24?,28-,32?;/m1./s1. The first-order valence-electron chi connectivity index (χ1n) is 14.7. The molecule has 232 valence electrons. The van der Waals surface area contributed by atoms with Gasteiger partial charge in [0.25, 0.3) is 11.8 Å². The Morgan fingerprint density at radius 3 is 2.20 bits per heavy atom. The van der Waals surface area contributed by atoms with Crippen molar-refractivity contribution in [2.45, 2.75) is 84.6 Å². The van der Waals surface area contributed by atoms with E-state index in [0.717, 1.165) is 30.5 Å². The van der Waals surface area contributed by atoms with Crippen molar-refractivity contribution in [1.82, 2.24) is 10.2 Å². The van der Waals surface area contributed by atoms with Gasteiger partial charge < -0.3 is 20.1 Å². The van der Waals surface area contributed by atoms with Crippen molar-refractivity contribution < 1.29 is 62.2 Å². The number of alkyl halides is 3. The van der Waals surface area contributed by atoms with E-state index in [0.29, 0.717) is 24.3 Å². The second-order valence-electron chi connectivity index (χ2n) is 13.0. The Kier molecular flexibility index (Phi) is 11.2. The average Bonchev–Trinajstić information content (AvgIpc) is 3.19. The summed E-state index contributed by atoms with van der Waals surface area (Å²) in [6.45, 7) is 10.5. The Balaban J connectivity index is 0.00000529. The Morgan fingerprint density at radius 1 is 1.07 bits per heavy atom. The van der Waals surface area contributed by atoms with Gasteiger partial charge in [0.2, 0.25) is 0 Å². The molecular formula is C33H39F3N3NaO4. The van der Waals surface area contributed by atoms with E-state index in [1.807, 2.05) is 13.8 Å². The summed E-state index contributed by atoms with van der Waals surface area (Å²) >= 11 is 0. The molecule has 2 aromatic carbocycles. The molecule has 2 amide bonds. The molecule has 1 aliphatic carbocycles. The summed E-state index contributed by atoms with van der Waals surface area (Å²) in [5, 5.41) is 13.2. The minimum Gasteiger partial charge on any atom is -0.550 e. The first-order chi connectivity index (χ1) is 20.0. The normalized spacial score (nSPS) is 21.2. The fraction of sp³-hybridized carbons (Fsp3) is 0.515. The third-order valence-electron chi connectivity index (χ3n) is 8.70. The van der Waals surface area contributed by atoms with Crippen molar-refractivity contribution in [3.8, 4) is 0 Å². The van der Waals surface area contributed by atoms with Crippen LogP contribution >= 0.6 is 0 Å². The summed E-state index contributed by atoms with van der Waals surface area (Å²) in [5.74, 6) is -1.77. The summed E-state index contributed by atoms with van der Waals surface area (Å²) in [7, 11) is 0. The second kappa shape index (κ2) is 13.7. The van der Waals surface area contributed by atoms with E-state index in [1.54, 1.807) is 29.2 Å². The Hall–Kier alpha value is -2.69. The molecule has 11 heteroatoms. The van der Waals surface area contributed by atoms with Crippen LogP contribution in [0.5, 0.6) is 0 Å². The quantitative estimate of drug-likeness (QED) is 0.458. The van der Waals surface area contributed by atoms with E-state index in [4.69, 9.17) is 4.99 Å². The van der Waals surface area contributed by atoms with Crippen molar-refractivity contribution in [2.75, 3.05) is 6.54 Å². The number of carboxylic acid groups (broad SMARTS) is 1. The molecule has 44 heavy (non-hydrogen) atoms. The molecular weight excluding hydrogens is 582 g/mol. The van der Waals surface area contributed by atoms with E-state index in [2.05, 4.69) is 26.1 Å². The fourth-order valence-corrected chi connectivity index (χ4v) is 6.37. The van der Waals surface area contributed by atoms with Crippen molar-refractivity contribution in [1.29, 1.82) is 0 Å². The van der Waals surface area contributed by atoms with Crippen LogP contribution in [0, 0.1) is 17.3 Å². The number of aliphatic imine (C=N–C) groups is 1. The maximum Gasteiger partial charge on any atom is 1.00 e. The van der Waals surface area contributed by atoms with Crippen molar-refractivity contribution in [3.05, 3.63) is 70.8 Å². The molecule has 2 aliphatic rings. The summed E-state index contributed by atoms with van der Waals surface area (Å²) in [5.41, 5.74) is -0.388. The zero-order valence-electron chi connectivity index (χ0n) is 26.3. The van der Waals surface area contributed by atoms with Crippen LogP contribution in [0.1, 0.15) is 99.8 Å². The number of nitrogens with zero attached hydrogens (tertiary/aromatic N) is 2. The van der Waals surface area contributed by atoms with Gasteiger partial charge in [-0.2, -0.15) is 13.2 Å². The minimum atomic E-state index is -4.56. The molecule has 0 unspecified atom stereocenters. The number of hydrogen-bond donors (Lipinski definition) is 1. The van der Waals surface area contributed by atoms with Crippen molar-refractivity contribution in [2.24, 2.45) is 22.2 Å². The average molecular weight is 622 g/mol. The largest absolute Gasteiger partial charge is 1.00 e. The number of aliphatic carboxylic acids is 1. The van der Waals surface area contributed by atoms with Crippen LogP contribution in [0.2, 0.25) is 0 Å². The summed E-state index contributed by atoms with van der Waals surface area (Å²) in [6, 6.07) is 11.1. The molecule has 0 radical (unpaired) electrons. The number of carbonyl (C=O) groups excluding carboxylic acids is 3. The molecule has 4 rings (SSSR count). The molecule has 1 atom stereocenters. The molecule has 1 aliphatic heterocycles. The van der Waals surface area contributed by atoms with Gasteiger partial charge in [0, 0.05) is 30.1 Å². The van der Waals surface area contributed by atoms with Crippen molar-refractivity contribution in [3.63, 3.8) is 0 Å². The number of benzene rings is 2. The van der Waals surface area contributed by atoms with Crippen LogP contribution in [-0.4, -0.2) is 40.6 Å². The van der Waals surface area contributed by atoms with E-state index >= 15 is 0 Å². The topological polar surface area (TPSA) is 102 Å². The third kappa shape index (κ3) is 7.74. The Bertz CT molecular complexity index is 1390. The van der Waals surface area contributed by atoms with Gasteiger partial charge in [-0.25, -0.2) is 0 Å². The van der Waals surface area contributed by atoms with E-state index in [9.17, 15) is 32.7 Å². The summed E-state index contributed by atoms with van der Waals surface area (Å²) in [4.78, 5) is 44.2. The van der Waals surface area contributed by atoms with Crippen molar-refractivity contribution >= 4 is 23.5 Å². The molecule has 1 N–H and O–H groups in total. The van der Waals surface area contributed by atoms with Crippen LogP contribution in [-0.2, 0) is 15.8 Å². The zero-order valence-corrected chi connectivity index (χ0v) is 28.3. The molecule has 1 saturated carbocycles. The van der Waals surface area contributed by atoms with Gasteiger partial charge in [-0.15, -0.1) is 0 Å². The van der Waals surface area contributed by atoms with E-state index < -0.39 is 41.2 Å². The molecule has 1 fully saturated rings. The first-order valence-corrected chi connectivity index (χ1v) is 14.7. The summed E-state index contributed by atoms with van der Waals surface area (Å²) in [6.07, 6.45) is -2.04. The molecule has 1 heterocycles. The second-order valence-corrected chi connectivity index (χ2v) is 13.0. The predicted molar refractivity (Wildman–Crippen MR) is 155 cm³/mol. The van der Waals surface area contributed by atoms with Crippen LogP contribution in [0.4, 0.5) is 13.2 Å². The summed E-state index contributed by atoms with van der Waals surface area (Å²) < 4.78 is 40.8. The van der Waals surface area contributed by atoms with Gasteiger partial charge >= 0.3 is 35.7 Å². The smallest absolute Gasteiger partial charge is 0.550 e. The van der Waals surface area contributed by atoms with Gasteiger partial charge in [0.15, 0.2) is 0 Å². The van der Waals surface area contributed by atoms with Crippen LogP contribution in [0.15, 0.2) is 53.5 Å². The number of carboxylic acids is 1. The third-order valence-corrected chi connectivity index (χ3v) is 8.70. The molecule has 2 aromatic rings. The number of amides is 2. The molecule has 0 bridgehead atoms. The number of halogens is 3. The van der Waals surface area contributed by atoms with Gasteiger partial charge in [-0.05, 0) is 72.8 Å². The van der Waals surface area contributed by atoms with Gasteiger partial charge in [-0.1, -0.05) is 58.9 Å². The van der Waals surface area contributed by atoms with E-state index in [-0.39, 0.29) is 65.1 Å². The van der Waals surface area contributed by atoms with Gasteiger partial charge in [-0.3, -0.25) is 14.6 Å². The Morgan fingerprint density at radius 2 is 1.68 bits per heavy atom. The SMILES string of the molecule is CC(C)[C@H](c1ccc(C(=O)NCCC(=O)[O-])cc1)N1C(=O)C(c2cccc(C(F)(F)F)c2)=NC12CCC(C(C)(C)C)CC2.[Na+]. The van der Waals surface area contributed by atoms with Crippen LogP contribution in [0.3, 0.4) is 0 Å². The van der Waals surface area contributed by atoms with Gasteiger partial charge in [0.05, 0.1) is 11.6 Å². The molecule has 0 aromatic heterocycles. The van der Waals surface area contributed by atoms with Gasteiger partial charge in [0.1, 0.15) is 11.4 Å². The van der Waals surface area contributed by atoms with E-state index in [1.165, 1.54) is 12.1 Å². The van der Waals surface area contributed by atoms with Crippen LogP contribution < -0.4 is 40.0 Å². The predicted octanol–water partition coefficient (Wildman–Crippen LogP) is 2.54. The first kappa shape index (κ1) is 35.8. The number of nitrogens with one attached hydrogen (secondary N) is 1. The minimum absolute atomic E-state index is 0. The monoisotopic (exact) mass is 621 g/mol. The fourth-order valence-electron chi connectivity index (χ4n) is 6.37. The maximum atomic E-state index is 14.3.